The molecule has 2 aromatic rings. The fourth-order valence-corrected chi connectivity index (χ4v) is 2.23. The van der Waals surface area contributed by atoms with Gasteiger partial charge in [-0.25, -0.2) is 0 Å². The minimum atomic E-state index is -0.306. The van der Waals surface area contributed by atoms with Crippen molar-refractivity contribution in [1.29, 1.82) is 5.26 Å². The summed E-state index contributed by atoms with van der Waals surface area (Å²) in [5.74, 6) is 0.992. The maximum absolute atomic E-state index is 11.7. The Bertz CT molecular complexity index is 629. The summed E-state index contributed by atoms with van der Waals surface area (Å²) in [6.07, 6.45) is 0. The summed E-state index contributed by atoms with van der Waals surface area (Å²) >= 11 is 1.30. The third-order valence-corrected chi connectivity index (χ3v) is 3.30. The first-order chi connectivity index (χ1) is 9.72. The first-order valence-corrected chi connectivity index (χ1v) is 6.65. The van der Waals surface area contributed by atoms with Gasteiger partial charge in [-0.05, 0) is 35.7 Å². The molecule has 6 heteroatoms. The highest BCUT2D eigenvalue weighted by atomic mass is 32.1. The molecule has 2 rings (SSSR count). The molecule has 0 unspecified atom stereocenters. The largest absolute Gasteiger partial charge is 0.497 e. The average molecular weight is 288 g/mol. The topological polar surface area (TPSA) is 71.3 Å². The zero-order valence-corrected chi connectivity index (χ0v) is 11.6. The van der Waals surface area contributed by atoms with Gasteiger partial charge in [-0.2, -0.15) is 5.26 Å². The Morgan fingerprint density at radius 2 is 2.00 bits per heavy atom. The first-order valence-electron chi connectivity index (χ1n) is 5.77. The number of thiophene rings is 1. The predicted octanol–water partition coefficient (Wildman–Crippen LogP) is 2.65. The van der Waals surface area contributed by atoms with E-state index in [1.807, 2.05) is 6.07 Å². The number of nitrogens with zero attached hydrogens (tertiary/aromatic N) is 1. The molecule has 20 heavy (non-hydrogen) atoms. The van der Waals surface area contributed by atoms with Crippen LogP contribution in [0.4, 0.5) is 5.00 Å². The Balaban J connectivity index is 1.87. The number of ether oxygens (including phenoxy) is 2. The third kappa shape index (κ3) is 3.49. The number of amides is 1. The van der Waals surface area contributed by atoms with Crippen molar-refractivity contribution in [3.05, 3.63) is 41.3 Å². The zero-order valence-electron chi connectivity index (χ0n) is 10.8. The van der Waals surface area contributed by atoms with Gasteiger partial charge in [-0.15, -0.1) is 11.3 Å². The number of benzene rings is 1. The molecule has 1 heterocycles. The highest BCUT2D eigenvalue weighted by Crippen LogP contribution is 2.22. The summed E-state index contributed by atoms with van der Waals surface area (Å²) in [6.45, 7) is -0.116. The molecule has 0 bridgehead atoms. The number of carbonyl (C=O) groups is 1. The van der Waals surface area contributed by atoms with E-state index in [4.69, 9.17) is 14.7 Å². The van der Waals surface area contributed by atoms with E-state index in [0.29, 0.717) is 16.3 Å². The van der Waals surface area contributed by atoms with Gasteiger partial charge in [0.2, 0.25) is 0 Å². The lowest BCUT2D eigenvalue weighted by atomic mass is 10.3. The summed E-state index contributed by atoms with van der Waals surface area (Å²) in [4.78, 5) is 11.7. The maximum atomic E-state index is 11.7. The molecular formula is C14H12N2O3S. The molecule has 1 aromatic heterocycles. The lowest BCUT2D eigenvalue weighted by Crippen LogP contribution is -2.19. The molecule has 0 atom stereocenters. The molecule has 0 aliphatic rings. The molecule has 0 aliphatic carbocycles. The number of hydrogen-bond acceptors (Lipinski definition) is 5. The quantitative estimate of drug-likeness (QED) is 0.918. The van der Waals surface area contributed by atoms with Gasteiger partial charge in [0.1, 0.15) is 22.6 Å². The molecule has 1 N–H and O–H groups in total. The molecule has 0 spiro atoms. The van der Waals surface area contributed by atoms with Crippen LogP contribution in [-0.4, -0.2) is 19.6 Å². The van der Waals surface area contributed by atoms with Gasteiger partial charge in [0.15, 0.2) is 6.61 Å². The number of nitriles is 1. The van der Waals surface area contributed by atoms with E-state index in [1.54, 1.807) is 42.8 Å². The molecule has 5 nitrogen and oxygen atoms in total. The summed E-state index contributed by atoms with van der Waals surface area (Å²) in [6, 6.07) is 10.6. The Kier molecular flexibility index (Phi) is 4.58. The maximum Gasteiger partial charge on any atom is 0.262 e. The van der Waals surface area contributed by atoms with Crippen molar-refractivity contribution in [1.82, 2.24) is 0 Å². The molecule has 1 aromatic carbocycles. The molecular weight excluding hydrogens is 276 g/mol. The van der Waals surface area contributed by atoms with Crippen LogP contribution >= 0.6 is 11.3 Å². The van der Waals surface area contributed by atoms with Crippen molar-refractivity contribution in [3.63, 3.8) is 0 Å². The highest BCUT2D eigenvalue weighted by molar-refractivity contribution is 7.14. The van der Waals surface area contributed by atoms with Crippen LogP contribution in [0.25, 0.3) is 0 Å². The Labute approximate surface area is 120 Å². The van der Waals surface area contributed by atoms with Crippen LogP contribution in [0.1, 0.15) is 5.56 Å². The number of carbonyl (C=O) groups excluding carboxylic acids is 1. The molecule has 0 aliphatic heterocycles. The number of anilines is 1. The Morgan fingerprint density at radius 1 is 1.30 bits per heavy atom. The average Bonchev–Trinajstić information content (AvgIpc) is 2.92. The second-order valence-electron chi connectivity index (χ2n) is 3.79. The van der Waals surface area contributed by atoms with Crippen LogP contribution in [0.15, 0.2) is 35.7 Å². The summed E-state index contributed by atoms with van der Waals surface area (Å²) < 4.78 is 10.4. The summed E-state index contributed by atoms with van der Waals surface area (Å²) in [5.41, 5.74) is 0.452. The monoisotopic (exact) mass is 288 g/mol. The van der Waals surface area contributed by atoms with Crippen LogP contribution in [0.2, 0.25) is 0 Å². The van der Waals surface area contributed by atoms with Crippen LogP contribution in [0, 0.1) is 11.3 Å². The van der Waals surface area contributed by atoms with Crippen LogP contribution < -0.4 is 14.8 Å². The van der Waals surface area contributed by atoms with E-state index in [1.165, 1.54) is 11.3 Å². The zero-order chi connectivity index (χ0) is 14.4. The van der Waals surface area contributed by atoms with Crippen LogP contribution in [0.5, 0.6) is 11.5 Å². The lowest BCUT2D eigenvalue weighted by molar-refractivity contribution is -0.118. The normalized spacial score (nSPS) is 9.60. The van der Waals surface area contributed by atoms with E-state index in [2.05, 4.69) is 5.32 Å². The molecule has 1 amide bonds. The smallest absolute Gasteiger partial charge is 0.262 e. The summed E-state index contributed by atoms with van der Waals surface area (Å²) in [5, 5.41) is 13.8. The van der Waals surface area contributed by atoms with Crippen molar-refractivity contribution in [2.24, 2.45) is 0 Å². The van der Waals surface area contributed by atoms with E-state index in [9.17, 15) is 4.79 Å². The van der Waals surface area contributed by atoms with Gasteiger partial charge in [0.05, 0.1) is 12.7 Å². The Morgan fingerprint density at radius 3 is 2.65 bits per heavy atom. The Hall–Kier alpha value is -2.52. The van der Waals surface area contributed by atoms with Crippen molar-refractivity contribution in [3.8, 4) is 17.6 Å². The van der Waals surface area contributed by atoms with Gasteiger partial charge in [0, 0.05) is 0 Å². The first kappa shape index (κ1) is 13.9. The summed E-state index contributed by atoms with van der Waals surface area (Å²) in [7, 11) is 1.58. The molecule has 0 saturated carbocycles. The molecule has 0 radical (unpaired) electrons. The second kappa shape index (κ2) is 6.59. The molecule has 0 fully saturated rings. The van der Waals surface area contributed by atoms with Crippen molar-refractivity contribution >= 4 is 22.2 Å². The fraction of sp³-hybridized carbons (Fsp3) is 0.143. The number of rotatable bonds is 5. The van der Waals surface area contributed by atoms with Crippen LogP contribution in [-0.2, 0) is 4.79 Å². The number of methoxy groups -OCH3 is 1. The minimum absolute atomic E-state index is 0.116. The lowest BCUT2D eigenvalue weighted by Gasteiger charge is -2.07. The SMILES string of the molecule is COc1ccc(OCC(=O)Nc2sccc2C#N)cc1. The van der Waals surface area contributed by atoms with Gasteiger partial charge in [-0.3, -0.25) is 4.79 Å². The fourth-order valence-electron chi connectivity index (χ4n) is 1.48. The van der Waals surface area contributed by atoms with Gasteiger partial charge in [-0.1, -0.05) is 0 Å². The van der Waals surface area contributed by atoms with Gasteiger partial charge in [0.25, 0.3) is 5.91 Å². The standard InChI is InChI=1S/C14H12N2O3S/c1-18-11-2-4-12(5-3-11)19-9-13(17)16-14-10(8-15)6-7-20-14/h2-7H,9H2,1H3,(H,16,17). The second-order valence-corrected chi connectivity index (χ2v) is 4.70. The minimum Gasteiger partial charge on any atom is -0.497 e. The van der Waals surface area contributed by atoms with E-state index in [-0.39, 0.29) is 12.5 Å². The van der Waals surface area contributed by atoms with E-state index in [0.717, 1.165) is 5.75 Å². The van der Waals surface area contributed by atoms with Crippen molar-refractivity contribution < 1.29 is 14.3 Å². The van der Waals surface area contributed by atoms with Gasteiger partial charge < -0.3 is 14.8 Å². The van der Waals surface area contributed by atoms with Crippen molar-refractivity contribution in [2.75, 3.05) is 19.0 Å². The predicted molar refractivity (Wildman–Crippen MR) is 76.2 cm³/mol. The van der Waals surface area contributed by atoms with Gasteiger partial charge >= 0.3 is 0 Å². The van der Waals surface area contributed by atoms with Crippen molar-refractivity contribution in [2.45, 2.75) is 0 Å². The van der Waals surface area contributed by atoms with E-state index >= 15 is 0 Å². The highest BCUT2D eigenvalue weighted by Gasteiger charge is 2.08. The number of hydrogen-bond donors (Lipinski definition) is 1. The van der Waals surface area contributed by atoms with E-state index < -0.39 is 0 Å². The molecule has 102 valence electrons. The number of nitrogens with one attached hydrogen (secondary N) is 1. The molecule has 0 saturated heterocycles. The van der Waals surface area contributed by atoms with Crippen LogP contribution in [0.3, 0.4) is 0 Å². The third-order valence-electron chi connectivity index (χ3n) is 2.47.